The fraction of sp³-hybridized carbons (Fsp3) is 0.409. The number of likely N-dealkylation sites (tertiary alicyclic amines) is 1. The molecule has 1 N–H and O–H groups in total. The van der Waals surface area contributed by atoms with Gasteiger partial charge in [-0.2, -0.15) is 0 Å². The lowest BCUT2D eigenvalue weighted by Crippen LogP contribution is -2.48. The average Bonchev–Trinajstić information content (AvgIpc) is 3.15. The maximum atomic E-state index is 12.1. The van der Waals surface area contributed by atoms with Crippen molar-refractivity contribution in [2.24, 2.45) is 0 Å². The van der Waals surface area contributed by atoms with Crippen LogP contribution in [0, 0.1) is 0 Å². The molecular formula is C22H24N2O3. The standard InChI is InChI=1S/C22H24N2O3/c25-20-15-16-5-1-2-6-17(16)22(20)9-11-23(12-10-22)13-14-24-18-7-3-4-8-19(18)27-21(24)26/h1-8,20,25H,9-15H2. The molecule has 0 bridgehead atoms. The van der Waals surface area contributed by atoms with Gasteiger partial charge in [0.05, 0.1) is 11.6 Å². The number of benzene rings is 2. The Morgan fingerprint density at radius 1 is 1.04 bits per heavy atom. The summed E-state index contributed by atoms with van der Waals surface area (Å²) in [5.74, 6) is -0.287. The predicted molar refractivity (Wildman–Crippen MR) is 104 cm³/mol. The van der Waals surface area contributed by atoms with Crippen LogP contribution in [0.2, 0.25) is 0 Å². The fourth-order valence-electron chi connectivity index (χ4n) is 5.01. The molecule has 2 heterocycles. The van der Waals surface area contributed by atoms with Gasteiger partial charge in [0.2, 0.25) is 0 Å². The summed E-state index contributed by atoms with van der Waals surface area (Å²) in [7, 11) is 0. The van der Waals surface area contributed by atoms with Crippen molar-refractivity contribution in [2.75, 3.05) is 19.6 Å². The van der Waals surface area contributed by atoms with E-state index in [1.807, 2.05) is 24.3 Å². The minimum absolute atomic E-state index is 0.0910. The SMILES string of the molecule is O=c1oc2ccccc2n1CCN1CCC2(CC1)c1ccccc1CC2O. The number of para-hydroxylation sites is 2. The highest BCUT2D eigenvalue weighted by atomic mass is 16.4. The summed E-state index contributed by atoms with van der Waals surface area (Å²) in [5.41, 5.74) is 4.05. The summed E-state index contributed by atoms with van der Waals surface area (Å²) in [5, 5.41) is 10.8. The van der Waals surface area contributed by atoms with Crippen LogP contribution in [-0.2, 0) is 18.4 Å². The molecule has 2 aromatic carbocycles. The molecule has 5 heteroatoms. The molecule has 1 aliphatic carbocycles. The predicted octanol–water partition coefficient (Wildman–Crippen LogP) is 2.55. The zero-order valence-corrected chi connectivity index (χ0v) is 15.3. The minimum Gasteiger partial charge on any atom is -0.408 e. The molecular weight excluding hydrogens is 340 g/mol. The summed E-state index contributed by atoms with van der Waals surface area (Å²) in [6.07, 6.45) is 2.42. The van der Waals surface area contributed by atoms with E-state index in [1.54, 1.807) is 4.57 Å². The molecule has 3 aromatic rings. The van der Waals surface area contributed by atoms with Crippen molar-refractivity contribution in [1.82, 2.24) is 9.47 Å². The lowest BCUT2D eigenvalue weighted by Gasteiger charge is -2.42. The Balaban J connectivity index is 1.29. The topological polar surface area (TPSA) is 58.6 Å². The molecule has 1 saturated heterocycles. The van der Waals surface area contributed by atoms with Gasteiger partial charge in [0.25, 0.3) is 0 Å². The summed E-state index contributed by atoms with van der Waals surface area (Å²) in [6.45, 7) is 3.32. The molecule has 1 aliphatic heterocycles. The normalized spacial score (nSPS) is 21.7. The van der Waals surface area contributed by atoms with Crippen molar-refractivity contribution in [1.29, 1.82) is 0 Å². The van der Waals surface area contributed by atoms with E-state index in [-0.39, 0.29) is 17.3 Å². The van der Waals surface area contributed by atoms with Crippen molar-refractivity contribution < 1.29 is 9.52 Å². The second-order valence-electron chi connectivity index (χ2n) is 7.86. The Kier molecular flexibility index (Phi) is 3.95. The van der Waals surface area contributed by atoms with Crippen molar-refractivity contribution in [3.05, 3.63) is 70.2 Å². The zero-order valence-electron chi connectivity index (χ0n) is 15.3. The van der Waals surface area contributed by atoms with Gasteiger partial charge in [0.15, 0.2) is 5.58 Å². The van der Waals surface area contributed by atoms with Crippen LogP contribution < -0.4 is 5.76 Å². The second kappa shape index (κ2) is 6.36. The van der Waals surface area contributed by atoms with Crippen LogP contribution >= 0.6 is 0 Å². The molecule has 1 unspecified atom stereocenters. The minimum atomic E-state index is -0.287. The molecule has 1 aromatic heterocycles. The average molecular weight is 364 g/mol. The third kappa shape index (κ3) is 2.65. The highest BCUT2D eigenvalue weighted by Crippen LogP contribution is 2.46. The van der Waals surface area contributed by atoms with E-state index in [1.165, 1.54) is 11.1 Å². The smallest absolute Gasteiger partial charge is 0.408 e. The van der Waals surface area contributed by atoms with Gasteiger partial charge < -0.3 is 14.4 Å². The first-order chi connectivity index (χ1) is 13.2. The van der Waals surface area contributed by atoms with Gasteiger partial charge in [-0.05, 0) is 55.6 Å². The third-order valence-electron chi connectivity index (χ3n) is 6.57. The van der Waals surface area contributed by atoms with Crippen molar-refractivity contribution in [3.8, 4) is 0 Å². The number of oxazole rings is 1. The Labute approximate surface area is 157 Å². The molecule has 140 valence electrons. The van der Waals surface area contributed by atoms with Crippen molar-refractivity contribution in [2.45, 2.75) is 37.3 Å². The first kappa shape index (κ1) is 16.8. The molecule has 0 radical (unpaired) electrons. The molecule has 2 aliphatic rings. The van der Waals surface area contributed by atoms with Gasteiger partial charge in [-0.25, -0.2) is 4.79 Å². The van der Waals surface area contributed by atoms with E-state index in [0.717, 1.165) is 44.4 Å². The number of nitrogens with zero attached hydrogens (tertiary/aromatic N) is 2. The maximum absolute atomic E-state index is 12.1. The molecule has 0 amide bonds. The number of hydrogen-bond donors (Lipinski definition) is 1. The summed E-state index contributed by atoms with van der Waals surface area (Å²) in [6, 6.07) is 16.1. The van der Waals surface area contributed by atoms with Crippen LogP contribution in [0.15, 0.2) is 57.7 Å². The zero-order chi connectivity index (χ0) is 18.4. The third-order valence-corrected chi connectivity index (χ3v) is 6.57. The molecule has 0 saturated carbocycles. The van der Waals surface area contributed by atoms with Gasteiger partial charge in [-0.15, -0.1) is 0 Å². The summed E-state index contributed by atoms with van der Waals surface area (Å²) >= 11 is 0. The first-order valence-corrected chi connectivity index (χ1v) is 9.74. The quantitative estimate of drug-likeness (QED) is 0.776. The molecule has 27 heavy (non-hydrogen) atoms. The number of aliphatic hydroxyl groups excluding tert-OH is 1. The number of aliphatic hydroxyl groups is 1. The Morgan fingerprint density at radius 3 is 2.63 bits per heavy atom. The van der Waals surface area contributed by atoms with Crippen LogP contribution in [0.1, 0.15) is 24.0 Å². The van der Waals surface area contributed by atoms with E-state index >= 15 is 0 Å². The second-order valence-corrected chi connectivity index (χ2v) is 7.86. The highest BCUT2D eigenvalue weighted by Gasteiger charge is 2.47. The van der Waals surface area contributed by atoms with Gasteiger partial charge >= 0.3 is 5.76 Å². The van der Waals surface area contributed by atoms with Crippen LogP contribution in [-0.4, -0.2) is 40.3 Å². The fourth-order valence-corrected chi connectivity index (χ4v) is 5.01. The van der Waals surface area contributed by atoms with E-state index in [2.05, 4.69) is 29.2 Å². The lowest BCUT2D eigenvalue weighted by molar-refractivity contribution is 0.0425. The van der Waals surface area contributed by atoms with Crippen molar-refractivity contribution >= 4 is 11.1 Å². The molecule has 1 fully saturated rings. The molecule has 5 nitrogen and oxygen atoms in total. The van der Waals surface area contributed by atoms with E-state index in [9.17, 15) is 9.90 Å². The monoisotopic (exact) mass is 364 g/mol. The van der Waals surface area contributed by atoms with Gasteiger partial charge in [0, 0.05) is 18.5 Å². The highest BCUT2D eigenvalue weighted by molar-refractivity contribution is 5.72. The lowest BCUT2D eigenvalue weighted by atomic mass is 9.72. The van der Waals surface area contributed by atoms with E-state index in [4.69, 9.17) is 4.42 Å². The van der Waals surface area contributed by atoms with Gasteiger partial charge in [0.1, 0.15) is 0 Å². The largest absolute Gasteiger partial charge is 0.419 e. The van der Waals surface area contributed by atoms with E-state index in [0.29, 0.717) is 12.1 Å². The number of piperidine rings is 1. The van der Waals surface area contributed by atoms with Crippen LogP contribution in [0.25, 0.3) is 11.1 Å². The van der Waals surface area contributed by atoms with Crippen LogP contribution in [0.4, 0.5) is 0 Å². The summed E-state index contributed by atoms with van der Waals surface area (Å²) < 4.78 is 7.05. The van der Waals surface area contributed by atoms with Crippen molar-refractivity contribution in [3.63, 3.8) is 0 Å². The molecule has 1 spiro atoms. The molecule has 5 rings (SSSR count). The Bertz CT molecular complexity index is 1030. The van der Waals surface area contributed by atoms with E-state index < -0.39 is 0 Å². The molecule has 1 atom stereocenters. The number of aromatic nitrogens is 1. The Morgan fingerprint density at radius 2 is 1.78 bits per heavy atom. The Hall–Kier alpha value is -2.37. The maximum Gasteiger partial charge on any atom is 0.419 e. The number of rotatable bonds is 3. The number of hydrogen-bond acceptors (Lipinski definition) is 4. The number of fused-ring (bicyclic) bond motifs is 3. The summed E-state index contributed by atoms with van der Waals surface area (Å²) in [4.78, 5) is 14.5. The van der Waals surface area contributed by atoms with Crippen LogP contribution in [0.3, 0.4) is 0 Å². The van der Waals surface area contributed by atoms with Gasteiger partial charge in [-0.1, -0.05) is 36.4 Å². The van der Waals surface area contributed by atoms with Gasteiger partial charge in [-0.3, -0.25) is 4.57 Å². The van der Waals surface area contributed by atoms with Crippen LogP contribution in [0.5, 0.6) is 0 Å². The first-order valence-electron chi connectivity index (χ1n) is 9.74.